The predicted octanol–water partition coefficient (Wildman–Crippen LogP) is 5.31. The van der Waals surface area contributed by atoms with Gasteiger partial charge >= 0.3 is 7.40 Å². The summed E-state index contributed by atoms with van der Waals surface area (Å²) in [5.41, 5.74) is 2.09. The SMILES string of the molecule is N#C/C(=C1/C=CC(c2cccc3ccccc23)=CN1B(F)F)c1ccccn1. The highest BCUT2D eigenvalue weighted by molar-refractivity contribution is 6.41. The highest BCUT2D eigenvalue weighted by Gasteiger charge is 2.30. The third-order valence-electron chi connectivity index (χ3n) is 4.58. The molecule has 28 heavy (non-hydrogen) atoms. The molecule has 3 nitrogen and oxygen atoms in total. The molecule has 0 saturated heterocycles. The first-order valence-electron chi connectivity index (χ1n) is 8.69. The third kappa shape index (κ3) is 3.19. The summed E-state index contributed by atoms with van der Waals surface area (Å²) in [6.07, 6.45) is 6.23. The van der Waals surface area contributed by atoms with Gasteiger partial charge in [0.15, 0.2) is 0 Å². The van der Waals surface area contributed by atoms with Crippen LogP contribution in [0.4, 0.5) is 8.63 Å². The molecule has 0 fully saturated rings. The van der Waals surface area contributed by atoms with E-state index in [9.17, 15) is 13.9 Å². The maximum absolute atomic E-state index is 13.9. The van der Waals surface area contributed by atoms with Crippen molar-refractivity contribution in [2.45, 2.75) is 0 Å². The van der Waals surface area contributed by atoms with Gasteiger partial charge < -0.3 is 4.81 Å². The van der Waals surface area contributed by atoms with Crippen LogP contribution in [-0.2, 0) is 0 Å². The van der Waals surface area contributed by atoms with Crippen molar-refractivity contribution in [3.05, 3.63) is 102 Å². The van der Waals surface area contributed by atoms with Crippen LogP contribution in [0.2, 0.25) is 0 Å². The minimum atomic E-state index is -2.79. The Morgan fingerprint density at radius 3 is 2.50 bits per heavy atom. The van der Waals surface area contributed by atoms with E-state index in [1.807, 2.05) is 48.5 Å². The van der Waals surface area contributed by atoms with Gasteiger partial charge in [0.2, 0.25) is 0 Å². The summed E-state index contributed by atoms with van der Waals surface area (Å²) < 4.78 is 27.7. The number of fused-ring (bicyclic) bond motifs is 1. The Morgan fingerprint density at radius 1 is 0.964 bits per heavy atom. The van der Waals surface area contributed by atoms with Crippen LogP contribution in [0.1, 0.15) is 11.3 Å². The fraction of sp³-hybridized carbons (Fsp3) is 0. The van der Waals surface area contributed by atoms with Crippen LogP contribution in [0.25, 0.3) is 21.9 Å². The molecule has 0 saturated carbocycles. The Hall–Kier alpha value is -3.72. The fourth-order valence-electron chi connectivity index (χ4n) is 3.28. The number of nitrogens with zero attached hydrogens (tertiary/aromatic N) is 3. The van der Waals surface area contributed by atoms with Gasteiger partial charge in [-0.05, 0) is 40.1 Å². The van der Waals surface area contributed by atoms with Gasteiger partial charge in [0.1, 0.15) is 11.6 Å². The lowest BCUT2D eigenvalue weighted by Gasteiger charge is -2.25. The molecule has 4 rings (SSSR count). The first-order valence-corrected chi connectivity index (χ1v) is 8.69. The summed E-state index contributed by atoms with van der Waals surface area (Å²) in [6.45, 7) is 0. The monoisotopic (exact) mass is 369 g/mol. The predicted molar refractivity (Wildman–Crippen MR) is 108 cm³/mol. The molecular formula is C22H14BF2N3. The van der Waals surface area contributed by atoms with Gasteiger partial charge in [0, 0.05) is 12.4 Å². The number of benzene rings is 2. The number of pyridine rings is 1. The van der Waals surface area contributed by atoms with Crippen molar-refractivity contribution in [1.29, 1.82) is 5.26 Å². The molecule has 2 heterocycles. The van der Waals surface area contributed by atoms with Gasteiger partial charge in [-0.3, -0.25) is 13.6 Å². The lowest BCUT2D eigenvalue weighted by atomic mass is 9.94. The van der Waals surface area contributed by atoms with E-state index in [1.54, 1.807) is 30.4 Å². The third-order valence-corrected chi connectivity index (χ3v) is 4.58. The van der Waals surface area contributed by atoms with E-state index in [0.29, 0.717) is 11.3 Å². The summed E-state index contributed by atoms with van der Waals surface area (Å²) in [4.78, 5) is 4.95. The first-order chi connectivity index (χ1) is 13.7. The molecule has 0 atom stereocenters. The number of hydrogen-bond donors (Lipinski definition) is 0. The molecule has 3 aromatic rings. The van der Waals surface area contributed by atoms with E-state index in [2.05, 4.69) is 4.98 Å². The number of aromatic nitrogens is 1. The van der Waals surface area contributed by atoms with Crippen LogP contribution in [0.3, 0.4) is 0 Å². The van der Waals surface area contributed by atoms with Gasteiger partial charge in [-0.25, -0.2) is 0 Å². The number of rotatable bonds is 3. The molecule has 0 spiro atoms. The number of allylic oxidation sites excluding steroid dienone is 4. The molecule has 1 aliphatic heterocycles. The van der Waals surface area contributed by atoms with Gasteiger partial charge in [0.25, 0.3) is 0 Å². The summed E-state index contributed by atoms with van der Waals surface area (Å²) in [6, 6.07) is 20.7. The summed E-state index contributed by atoms with van der Waals surface area (Å²) >= 11 is 0. The van der Waals surface area contributed by atoms with E-state index < -0.39 is 7.40 Å². The highest BCUT2D eigenvalue weighted by Crippen LogP contribution is 2.33. The van der Waals surface area contributed by atoms with Crippen molar-refractivity contribution in [2.75, 3.05) is 0 Å². The molecule has 0 bridgehead atoms. The van der Waals surface area contributed by atoms with Crippen molar-refractivity contribution in [1.82, 2.24) is 9.79 Å². The maximum atomic E-state index is 13.9. The van der Waals surface area contributed by atoms with Gasteiger partial charge in [-0.2, -0.15) is 5.26 Å². The zero-order valence-corrected chi connectivity index (χ0v) is 14.8. The molecule has 1 aromatic heterocycles. The average Bonchev–Trinajstić information content (AvgIpc) is 2.75. The van der Waals surface area contributed by atoms with Crippen LogP contribution in [0, 0.1) is 11.3 Å². The van der Waals surface area contributed by atoms with Gasteiger partial charge in [-0.1, -0.05) is 54.6 Å². The Bertz CT molecular complexity index is 1160. The Morgan fingerprint density at radius 2 is 1.75 bits per heavy atom. The molecule has 0 aliphatic carbocycles. The Balaban J connectivity index is 1.85. The zero-order valence-electron chi connectivity index (χ0n) is 14.8. The van der Waals surface area contributed by atoms with E-state index in [4.69, 9.17) is 0 Å². The van der Waals surface area contributed by atoms with E-state index >= 15 is 0 Å². The largest absolute Gasteiger partial charge is 0.677 e. The second-order valence-corrected chi connectivity index (χ2v) is 6.22. The molecule has 0 radical (unpaired) electrons. The topological polar surface area (TPSA) is 39.9 Å². The highest BCUT2D eigenvalue weighted by atomic mass is 19.2. The molecule has 0 N–H and O–H groups in total. The summed E-state index contributed by atoms with van der Waals surface area (Å²) in [5, 5.41) is 11.6. The van der Waals surface area contributed by atoms with Gasteiger partial charge in [0.05, 0.1) is 11.4 Å². The lowest BCUT2D eigenvalue weighted by Crippen LogP contribution is -2.29. The van der Waals surface area contributed by atoms with Crippen molar-refractivity contribution in [3.63, 3.8) is 0 Å². The van der Waals surface area contributed by atoms with Crippen molar-refractivity contribution in [3.8, 4) is 6.07 Å². The number of halogens is 2. The molecule has 134 valence electrons. The molecule has 0 unspecified atom stereocenters. The smallest absolute Gasteiger partial charge is 0.330 e. The van der Waals surface area contributed by atoms with Crippen LogP contribution in [0.15, 0.2) is 90.9 Å². The number of hydrogen-bond acceptors (Lipinski definition) is 3. The molecule has 0 amide bonds. The second-order valence-electron chi connectivity index (χ2n) is 6.22. The minimum Gasteiger partial charge on any atom is -0.330 e. The number of nitriles is 1. The van der Waals surface area contributed by atoms with Gasteiger partial charge in [-0.15, -0.1) is 0 Å². The quantitative estimate of drug-likeness (QED) is 0.464. The summed E-state index contributed by atoms with van der Waals surface area (Å²) in [7, 11) is -2.79. The van der Waals surface area contributed by atoms with Crippen LogP contribution >= 0.6 is 0 Å². The first kappa shape index (κ1) is 17.7. The fourth-order valence-corrected chi connectivity index (χ4v) is 3.28. The lowest BCUT2D eigenvalue weighted by molar-refractivity contribution is 0.524. The molecular weight excluding hydrogens is 355 g/mol. The van der Waals surface area contributed by atoms with Crippen LogP contribution in [0.5, 0.6) is 0 Å². The normalized spacial score (nSPS) is 15.2. The molecule has 2 aromatic carbocycles. The van der Waals surface area contributed by atoms with Crippen molar-refractivity contribution < 1.29 is 8.63 Å². The minimum absolute atomic E-state index is 0.102. The van der Waals surface area contributed by atoms with E-state index in [0.717, 1.165) is 21.1 Å². The Labute approximate surface area is 161 Å². The molecule has 6 heteroatoms. The maximum Gasteiger partial charge on any atom is 0.677 e. The van der Waals surface area contributed by atoms with E-state index in [-0.39, 0.29) is 11.3 Å². The summed E-state index contributed by atoms with van der Waals surface area (Å²) in [5.74, 6) is 0. The van der Waals surface area contributed by atoms with Crippen molar-refractivity contribution >= 4 is 29.3 Å². The average molecular weight is 369 g/mol. The standard InChI is InChI=1S/C22H14BF2N3/c24-23(25)28-15-17(19-9-5-7-16-6-1-2-8-18(16)19)11-12-22(28)20(14-26)21-10-3-4-13-27-21/h1-13,15H/b22-20+. The van der Waals surface area contributed by atoms with Crippen molar-refractivity contribution in [2.24, 2.45) is 0 Å². The second kappa shape index (κ2) is 7.49. The molecule has 1 aliphatic rings. The van der Waals surface area contributed by atoms with Crippen LogP contribution in [-0.4, -0.2) is 17.2 Å². The van der Waals surface area contributed by atoms with E-state index in [1.165, 1.54) is 12.4 Å². The zero-order chi connectivity index (χ0) is 19.5. The van der Waals surface area contributed by atoms with Crippen LogP contribution < -0.4 is 0 Å². The Kier molecular flexibility index (Phi) is 4.73.